The summed E-state index contributed by atoms with van der Waals surface area (Å²) in [6.07, 6.45) is 0.469. The summed E-state index contributed by atoms with van der Waals surface area (Å²) in [5, 5.41) is 23.9. The molecule has 1 aromatic heterocycles. The zero-order valence-corrected chi connectivity index (χ0v) is 12.8. The molecule has 7 heteroatoms. The Morgan fingerprint density at radius 2 is 1.95 bits per heavy atom. The maximum atomic E-state index is 10.6. The number of rotatable bonds is 5. The molecule has 0 radical (unpaired) electrons. The number of benzene rings is 1. The second-order valence-corrected chi connectivity index (χ2v) is 5.50. The normalized spacial score (nSPS) is 13.5. The lowest BCUT2D eigenvalue weighted by Gasteiger charge is -2.21. The lowest BCUT2D eigenvalue weighted by molar-refractivity contribution is -0.385. The van der Waals surface area contributed by atoms with E-state index in [-0.39, 0.29) is 11.7 Å². The third kappa shape index (κ3) is 3.99. The van der Waals surface area contributed by atoms with Crippen LogP contribution in [0.4, 0.5) is 11.5 Å². The predicted molar refractivity (Wildman–Crippen MR) is 83.1 cm³/mol. The van der Waals surface area contributed by atoms with Crippen LogP contribution in [0.2, 0.25) is 0 Å². The van der Waals surface area contributed by atoms with Crippen molar-refractivity contribution in [3.05, 3.63) is 62.7 Å². The number of nitrogens with one attached hydrogen (secondary N) is 1. The van der Waals surface area contributed by atoms with E-state index >= 15 is 0 Å². The fourth-order valence-electron chi connectivity index (χ4n) is 1.84. The second kappa shape index (κ2) is 6.64. The average molecular weight is 352 g/mol. The number of aliphatic hydroxyl groups excluding tert-OH is 1. The zero-order chi connectivity index (χ0) is 15.4. The van der Waals surface area contributed by atoms with Crippen molar-refractivity contribution >= 4 is 27.4 Å². The molecule has 1 heterocycles. The summed E-state index contributed by atoms with van der Waals surface area (Å²) < 4.78 is 0.941. The number of anilines is 1. The van der Waals surface area contributed by atoms with Crippen LogP contribution in [0.5, 0.6) is 0 Å². The monoisotopic (exact) mass is 351 g/mol. The largest absolute Gasteiger partial charge is 0.386 e. The molecule has 0 fully saturated rings. The van der Waals surface area contributed by atoms with Gasteiger partial charge in [0.25, 0.3) is 5.69 Å². The third-order valence-electron chi connectivity index (χ3n) is 3.02. The maximum Gasteiger partial charge on any atom is 0.287 e. The molecule has 0 saturated heterocycles. The van der Waals surface area contributed by atoms with Crippen LogP contribution in [0, 0.1) is 10.1 Å². The van der Waals surface area contributed by atoms with Gasteiger partial charge in [-0.15, -0.1) is 0 Å². The predicted octanol–water partition coefficient (Wildman–Crippen LogP) is 3.29. The van der Waals surface area contributed by atoms with E-state index in [9.17, 15) is 15.2 Å². The molecule has 0 saturated carbocycles. The number of aromatic nitrogens is 1. The zero-order valence-electron chi connectivity index (χ0n) is 11.2. The van der Waals surface area contributed by atoms with Gasteiger partial charge in [-0.3, -0.25) is 10.1 Å². The Hall–Kier alpha value is -1.99. The summed E-state index contributed by atoms with van der Waals surface area (Å²) in [7, 11) is 0. The van der Waals surface area contributed by atoms with Crippen LogP contribution in [0.25, 0.3) is 0 Å². The van der Waals surface area contributed by atoms with E-state index in [0.717, 1.165) is 10.0 Å². The molecule has 0 bridgehead atoms. The van der Waals surface area contributed by atoms with Crippen molar-refractivity contribution in [1.29, 1.82) is 0 Å². The molecule has 2 unspecified atom stereocenters. The topological polar surface area (TPSA) is 88.3 Å². The Morgan fingerprint density at radius 1 is 1.29 bits per heavy atom. The number of pyridine rings is 1. The first-order valence-corrected chi connectivity index (χ1v) is 7.07. The molecule has 0 aliphatic carbocycles. The highest BCUT2D eigenvalue weighted by molar-refractivity contribution is 9.10. The molecule has 2 N–H and O–H groups in total. The molecule has 2 rings (SSSR count). The van der Waals surface area contributed by atoms with E-state index in [1.165, 1.54) is 18.3 Å². The first-order chi connectivity index (χ1) is 9.97. The molecule has 6 nitrogen and oxygen atoms in total. The van der Waals surface area contributed by atoms with Crippen molar-refractivity contribution in [3.8, 4) is 0 Å². The van der Waals surface area contributed by atoms with Crippen LogP contribution in [0.15, 0.2) is 47.1 Å². The smallest absolute Gasteiger partial charge is 0.287 e. The molecule has 1 aromatic carbocycles. The first kappa shape index (κ1) is 15.4. The Balaban J connectivity index is 2.04. The van der Waals surface area contributed by atoms with Crippen molar-refractivity contribution in [3.63, 3.8) is 0 Å². The minimum atomic E-state index is -0.713. The van der Waals surface area contributed by atoms with Crippen molar-refractivity contribution < 1.29 is 10.0 Å². The summed E-state index contributed by atoms with van der Waals surface area (Å²) in [6.45, 7) is 1.82. The molecule has 110 valence electrons. The average Bonchev–Trinajstić information content (AvgIpc) is 2.47. The fraction of sp³-hybridized carbons (Fsp3) is 0.214. The van der Waals surface area contributed by atoms with E-state index in [1.807, 2.05) is 31.2 Å². The molecule has 0 aliphatic rings. The van der Waals surface area contributed by atoms with E-state index in [2.05, 4.69) is 26.2 Å². The number of nitrogens with zero attached hydrogens (tertiary/aromatic N) is 2. The summed E-state index contributed by atoms with van der Waals surface area (Å²) >= 11 is 3.34. The highest BCUT2D eigenvalue weighted by atomic mass is 79.9. The molecular weight excluding hydrogens is 338 g/mol. The number of hydrogen-bond acceptors (Lipinski definition) is 5. The van der Waals surface area contributed by atoms with Crippen LogP contribution in [-0.2, 0) is 0 Å². The van der Waals surface area contributed by atoms with E-state index < -0.39 is 11.0 Å². The van der Waals surface area contributed by atoms with Gasteiger partial charge in [0, 0.05) is 10.5 Å². The molecule has 2 atom stereocenters. The SMILES string of the molecule is CC(Nc1ccc([N+](=O)[O-])cn1)C(O)c1ccc(Br)cc1. The quantitative estimate of drug-likeness (QED) is 0.637. The van der Waals surface area contributed by atoms with Gasteiger partial charge in [0.2, 0.25) is 0 Å². The minimum absolute atomic E-state index is 0.0679. The second-order valence-electron chi connectivity index (χ2n) is 4.59. The molecule has 0 spiro atoms. The Kier molecular flexibility index (Phi) is 4.87. The number of halogens is 1. The Bertz CT molecular complexity index is 616. The van der Waals surface area contributed by atoms with Gasteiger partial charge in [0.15, 0.2) is 0 Å². The Morgan fingerprint density at radius 3 is 2.48 bits per heavy atom. The molecular formula is C14H14BrN3O3. The summed E-state index contributed by atoms with van der Waals surface area (Å²) in [5.74, 6) is 0.476. The van der Waals surface area contributed by atoms with Crippen LogP contribution in [0.1, 0.15) is 18.6 Å². The summed E-state index contributed by atoms with van der Waals surface area (Å²) in [5.41, 5.74) is 0.710. The molecule has 2 aromatic rings. The minimum Gasteiger partial charge on any atom is -0.386 e. The van der Waals surface area contributed by atoms with E-state index in [0.29, 0.717) is 5.82 Å². The number of hydrogen-bond donors (Lipinski definition) is 2. The van der Waals surface area contributed by atoms with Gasteiger partial charge in [0.1, 0.15) is 12.0 Å². The van der Waals surface area contributed by atoms with Crippen LogP contribution in [0.3, 0.4) is 0 Å². The van der Waals surface area contributed by atoms with Crippen LogP contribution in [-0.4, -0.2) is 21.1 Å². The van der Waals surface area contributed by atoms with Gasteiger partial charge >= 0.3 is 0 Å². The number of nitro groups is 1. The standard InChI is InChI=1S/C14H14BrN3O3/c1-9(14(19)10-2-4-11(15)5-3-10)17-13-7-6-12(8-16-13)18(20)21/h2-9,14,19H,1H3,(H,16,17). The third-order valence-corrected chi connectivity index (χ3v) is 3.55. The van der Waals surface area contributed by atoms with Crippen molar-refractivity contribution in [2.24, 2.45) is 0 Å². The highest BCUT2D eigenvalue weighted by Gasteiger charge is 2.17. The fourth-order valence-corrected chi connectivity index (χ4v) is 2.10. The van der Waals surface area contributed by atoms with Crippen molar-refractivity contribution in [2.75, 3.05) is 5.32 Å². The van der Waals surface area contributed by atoms with Crippen molar-refractivity contribution in [1.82, 2.24) is 4.98 Å². The van der Waals surface area contributed by atoms with Gasteiger partial charge in [-0.05, 0) is 30.7 Å². The molecule has 0 aliphatic heterocycles. The molecule has 0 amide bonds. The lowest BCUT2D eigenvalue weighted by Crippen LogP contribution is -2.24. The van der Waals surface area contributed by atoms with Gasteiger partial charge in [-0.2, -0.15) is 0 Å². The van der Waals surface area contributed by atoms with Crippen molar-refractivity contribution in [2.45, 2.75) is 19.1 Å². The van der Waals surface area contributed by atoms with E-state index in [1.54, 1.807) is 0 Å². The lowest BCUT2D eigenvalue weighted by atomic mass is 10.0. The first-order valence-electron chi connectivity index (χ1n) is 6.28. The van der Waals surface area contributed by atoms with Gasteiger partial charge < -0.3 is 10.4 Å². The summed E-state index contributed by atoms with van der Waals surface area (Å²) in [6, 6.07) is 9.97. The Labute approximate surface area is 130 Å². The van der Waals surface area contributed by atoms with Crippen LogP contribution >= 0.6 is 15.9 Å². The van der Waals surface area contributed by atoms with Gasteiger partial charge in [-0.25, -0.2) is 4.98 Å². The maximum absolute atomic E-state index is 10.6. The molecule has 21 heavy (non-hydrogen) atoms. The number of aliphatic hydroxyl groups is 1. The van der Waals surface area contributed by atoms with Gasteiger partial charge in [0.05, 0.1) is 17.1 Å². The summed E-state index contributed by atoms with van der Waals surface area (Å²) in [4.78, 5) is 14.0. The van der Waals surface area contributed by atoms with E-state index in [4.69, 9.17) is 0 Å². The van der Waals surface area contributed by atoms with Crippen LogP contribution < -0.4 is 5.32 Å². The highest BCUT2D eigenvalue weighted by Crippen LogP contribution is 2.22. The van der Waals surface area contributed by atoms with Gasteiger partial charge in [-0.1, -0.05) is 28.1 Å².